The fraction of sp³-hybridized carbons (Fsp3) is 0.214. The van der Waals surface area contributed by atoms with Gasteiger partial charge in [0.15, 0.2) is 28.1 Å². The number of benzene rings is 3. The van der Waals surface area contributed by atoms with Crippen molar-refractivity contribution in [1.29, 1.82) is 0 Å². The van der Waals surface area contributed by atoms with E-state index in [1.54, 1.807) is 6.07 Å². The van der Waals surface area contributed by atoms with Crippen molar-refractivity contribution in [2.75, 3.05) is 18.9 Å². The molecule has 0 fully saturated rings. The second-order valence-corrected chi connectivity index (χ2v) is 9.60. The third kappa shape index (κ3) is 4.65. The number of nitrogens with one attached hydrogen (secondary N) is 2. The summed E-state index contributed by atoms with van der Waals surface area (Å²) in [5, 5.41) is 4.74. The summed E-state index contributed by atoms with van der Waals surface area (Å²) in [6.07, 6.45) is 0. The van der Waals surface area contributed by atoms with Gasteiger partial charge < -0.3 is 34.1 Å². The second kappa shape index (κ2) is 9.33. The first-order valence-electron chi connectivity index (χ1n) is 11.9. The second-order valence-electron chi connectivity index (χ2n) is 9.21. The third-order valence-electron chi connectivity index (χ3n) is 6.50. The Morgan fingerprint density at radius 3 is 2.41 bits per heavy atom. The molecule has 9 heteroatoms. The lowest BCUT2D eigenvalue weighted by Gasteiger charge is -2.27. The van der Waals surface area contributed by atoms with E-state index >= 15 is 0 Å². The van der Waals surface area contributed by atoms with E-state index in [2.05, 4.69) is 23.3 Å². The van der Waals surface area contributed by atoms with Gasteiger partial charge in [0.05, 0.1) is 12.1 Å². The van der Waals surface area contributed by atoms with Crippen molar-refractivity contribution in [2.24, 2.45) is 0 Å². The monoisotopic (exact) mass is 515 g/mol. The summed E-state index contributed by atoms with van der Waals surface area (Å²) in [7, 11) is 0. The summed E-state index contributed by atoms with van der Waals surface area (Å²) >= 11 is 5.86. The van der Waals surface area contributed by atoms with Crippen LogP contribution in [0.1, 0.15) is 22.3 Å². The Bertz CT molecular complexity index is 1600. The predicted molar refractivity (Wildman–Crippen MR) is 145 cm³/mol. The van der Waals surface area contributed by atoms with Crippen molar-refractivity contribution >= 4 is 33.9 Å². The summed E-state index contributed by atoms with van der Waals surface area (Å²) in [6, 6.07) is 17.5. The van der Waals surface area contributed by atoms with Gasteiger partial charge in [-0.25, -0.2) is 0 Å². The minimum absolute atomic E-state index is 0.171. The lowest BCUT2D eigenvalue weighted by molar-refractivity contribution is 0.173. The summed E-state index contributed by atoms with van der Waals surface area (Å²) in [5.41, 5.74) is 5.25. The summed E-state index contributed by atoms with van der Waals surface area (Å²) in [5.74, 6) is 2.70. The molecule has 0 bridgehead atoms. The number of anilines is 1. The zero-order valence-corrected chi connectivity index (χ0v) is 21.2. The van der Waals surface area contributed by atoms with Gasteiger partial charge in [-0.1, -0.05) is 23.8 Å². The Morgan fingerprint density at radius 2 is 1.62 bits per heavy atom. The summed E-state index contributed by atoms with van der Waals surface area (Å²) in [6.45, 7) is 5.24. The molecular weight excluding hydrogens is 490 g/mol. The van der Waals surface area contributed by atoms with E-state index in [1.807, 2.05) is 54.3 Å². The van der Waals surface area contributed by atoms with Gasteiger partial charge in [0, 0.05) is 29.2 Å². The van der Waals surface area contributed by atoms with Crippen LogP contribution >= 0.6 is 12.2 Å². The molecule has 0 aliphatic carbocycles. The van der Waals surface area contributed by atoms with Gasteiger partial charge in [0.1, 0.15) is 0 Å². The van der Waals surface area contributed by atoms with Crippen LogP contribution in [-0.2, 0) is 13.1 Å². The fourth-order valence-electron chi connectivity index (χ4n) is 4.57. The van der Waals surface area contributed by atoms with E-state index in [0.717, 1.165) is 28.0 Å². The number of hydrogen-bond donors (Lipinski definition) is 2. The first-order chi connectivity index (χ1) is 17.9. The van der Waals surface area contributed by atoms with Gasteiger partial charge in [0.25, 0.3) is 5.56 Å². The van der Waals surface area contributed by atoms with Crippen molar-refractivity contribution in [3.8, 4) is 23.0 Å². The van der Waals surface area contributed by atoms with E-state index < -0.39 is 0 Å². The van der Waals surface area contributed by atoms with Gasteiger partial charge in [-0.2, -0.15) is 0 Å². The lowest BCUT2D eigenvalue weighted by atomic mass is 10.1. The summed E-state index contributed by atoms with van der Waals surface area (Å²) < 4.78 is 22.0. The summed E-state index contributed by atoms with van der Waals surface area (Å²) in [4.78, 5) is 18.0. The van der Waals surface area contributed by atoms with Gasteiger partial charge in [-0.15, -0.1) is 0 Å². The maximum Gasteiger partial charge on any atom is 0.253 e. The Morgan fingerprint density at radius 1 is 0.892 bits per heavy atom. The van der Waals surface area contributed by atoms with E-state index in [-0.39, 0.29) is 19.1 Å². The number of aryl methyl sites for hydroxylation is 2. The van der Waals surface area contributed by atoms with Gasteiger partial charge in [-0.05, 0) is 67.5 Å². The molecule has 4 aromatic rings. The fourth-order valence-corrected chi connectivity index (χ4v) is 4.81. The highest BCUT2D eigenvalue weighted by atomic mass is 32.1. The van der Waals surface area contributed by atoms with Crippen molar-refractivity contribution in [3.63, 3.8) is 0 Å². The molecule has 3 heterocycles. The van der Waals surface area contributed by atoms with Crippen LogP contribution in [0.15, 0.2) is 59.4 Å². The molecule has 0 spiro atoms. The topological polar surface area (TPSA) is 85.1 Å². The molecule has 2 aliphatic heterocycles. The van der Waals surface area contributed by atoms with E-state index in [4.69, 9.17) is 31.2 Å². The Balaban J connectivity index is 1.33. The number of aromatic amines is 1. The highest BCUT2D eigenvalue weighted by Gasteiger charge is 2.20. The van der Waals surface area contributed by atoms with Crippen molar-refractivity contribution < 1.29 is 18.9 Å². The van der Waals surface area contributed by atoms with Crippen LogP contribution < -0.4 is 29.8 Å². The van der Waals surface area contributed by atoms with Crippen LogP contribution in [0.3, 0.4) is 0 Å². The highest BCUT2D eigenvalue weighted by molar-refractivity contribution is 7.80. The van der Waals surface area contributed by atoms with Crippen LogP contribution in [-0.4, -0.2) is 28.6 Å². The molecule has 0 saturated carbocycles. The number of hydrogen-bond acceptors (Lipinski definition) is 6. The molecule has 0 saturated heterocycles. The van der Waals surface area contributed by atoms with Crippen molar-refractivity contribution in [2.45, 2.75) is 26.9 Å². The number of thiocarbonyl (C=S) groups is 1. The van der Waals surface area contributed by atoms with Crippen LogP contribution in [0, 0.1) is 13.8 Å². The SMILES string of the molecule is Cc1ccc(NC(=S)N(Cc2ccc3c(c2)OCO3)Cc2cc3cc4c(cc3[nH]c2=O)OCO4)c(C)c1. The minimum atomic E-state index is -0.184. The Kier molecular flexibility index (Phi) is 5.84. The smallest absolute Gasteiger partial charge is 0.253 e. The predicted octanol–water partition coefficient (Wildman–Crippen LogP) is 5.00. The van der Waals surface area contributed by atoms with Crippen LogP contribution in [0.2, 0.25) is 0 Å². The number of ether oxygens (including phenoxy) is 4. The molecule has 0 amide bonds. The lowest BCUT2D eigenvalue weighted by Crippen LogP contribution is -2.35. The molecule has 2 aliphatic rings. The maximum atomic E-state index is 13.1. The van der Waals surface area contributed by atoms with Gasteiger partial charge >= 0.3 is 0 Å². The average molecular weight is 516 g/mol. The Hall–Kier alpha value is -4.24. The normalized spacial score (nSPS) is 13.1. The average Bonchev–Trinajstić information content (AvgIpc) is 3.53. The number of fused-ring (bicyclic) bond motifs is 3. The standard InChI is InChI=1S/C28H25N3O5S/c1-16-3-5-21(17(2)7-16)30-28(37)31(12-18-4-6-23-24(8-18)34-14-33-23)13-20-9-19-10-25-26(36-15-35-25)11-22(19)29-27(20)32/h3-11H,12-15H2,1-2H3,(H,29,32)(H,30,37). The molecule has 3 aromatic carbocycles. The number of rotatable bonds is 5. The highest BCUT2D eigenvalue weighted by Crippen LogP contribution is 2.36. The number of pyridine rings is 1. The maximum absolute atomic E-state index is 13.1. The quantitative estimate of drug-likeness (QED) is 0.359. The molecule has 1 aromatic heterocycles. The number of aromatic nitrogens is 1. The zero-order valence-electron chi connectivity index (χ0n) is 20.4. The zero-order chi connectivity index (χ0) is 25.5. The number of nitrogens with zero attached hydrogens (tertiary/aromatic N) is 1. The molecule has 37 heavy (non-hydrogen) atoms. The molecule has 0 unspecified atom stereocenters. The van der Waals surface area contributed by atoms with Crippen LogP contribution in [0.25, 0.3) is 10.9 Å². The first kappa shape index (κ1) is 23.2. The van der Waals surface area contributed by atoms with Crippen molar-refractivity contribution in [3.05, 3.63) is 87.2 Å². The van der Waals surface area contributed by atoms with Gasteiger partial charge in [0.2, 0.25) is 13.6 Å². The molecule has 188 valence electrons. The number of H-pyrrole nitrogens is 1. The Labute approximate surface area is 218 Å². The van der Waals surface area contributed by atoms with E-state index in [9.17, 15) is 4.79 Å². The minimum Gasteiger partial charge on any atom is -0.454 e. The third-order valence-corrected chi connectivity index (χ3v) is 6.86. The first-order valence-corrected chi connectivity index (χ1v) is 12.3. The van der Waals surface area contributed by atoms with E-state index in [1.165, 1.54) is 5.56 Å². The largest absolute Gasteiger partial charge is 0.454 e. The molecule has 8 nitrogen and oxygen atoms in total. The molecule has 6 rings (SSSR count). The van der Waals surface area contributed by atoms with Gasteiger partial charge in [-0.3, -0.25) is 4.79 Å². The van der Waals surface area contributed by atoms with E-state index in [0.29, 0.717) is 46.5 Å². The van der Waals surface area contributed by atoms with Crippen molar-refractivity contribution in [1.82, 2.24) is 9.88 Å². The molecule has 0 atom stereocenters. The van der Waals surface area contributed by atoms with Crippen LogP contribution in [0.5, 0.6) is 23.0 Å². The van der Waals surface area contributed by atoms with Crippen LogP contribution in [0.4, 0.5) is 5.69 Å². The molecule has 0 radical (unpaired) electrons. The molecule has 2 N–H and O–H groups in total. The molecular formula is C28H25N3O5S.